The van der Waals surface area contributed by atoms with E-state index in [1.807, 2.05) is 32.0 Å². The molecule has 0 bridgehead atoms. The average Bonchev–Trinajstić information content (AvgIpc) is 2.52. The van der Waals surface area contributed by atoms with Crippen molar-refractivity contribution >= 4 is 11.8 Å². The molecule has 0 aliphatic carbocycles. The van der Waals surface area contributed by atoms with E-state index in [9.17, 15) is 9.59 Å². The summed E-state index contributed by atoms with van der Waals surface area (Å²) in [7, 11) is 0. The normalized spacial score (nSPS) is 11.8. The highest BCUT2D eigenvalue weighted by atomic mass is 16.2. The fourth-order valence-electron chi connectivity index (χ4n) is 2.38. The van der Waals surface area contributed by atoms with Crippen molar-refractivity contribution in [3.8, 4) is 0 Å². The molecular formula is C18H28N2O2. The molecule has 0 heterocycles. The van der Waals surface area contributed by atoms with Gasteiger partial charge in [-0.25, -0.2) is 0 Å². The third kappa shape index (κ3) is 6.74. The first-order valence-corrected chi connectivity index (χ1v) is 8.12. The Morgan fingerprint density at radius 2 is 1.91 bits per heavy atom. The van der Waals surface area contributed by atoms with Gasteiger partial charge in [0, 0.05) is 32.5 Å². The van der Waals surface area contributed by atoms with E-state index < -0.39 is 0 Å². The van der Waals surface area contributed by atoms with Gasteiger partial charge in [0.15, 0.2) is 0 Å². The topological polar surface area (TPSA) is 49.4 Å². The van der Waals surface area contributed by atoms with Gasteiger partial charge in [0.05, 0.1) is 0 Å². The van der Waals surface area contributed by atoms with Gasteiger partial charge in [-0.15, -0.1) is 0 Å². The number of carbonyl (C=O) groups is 2. The van der Waals surface area contributed by atoms with Crippen LogP contribution in [0.2, 0.25) is 0 Å². The average molecular weight is 304 g/mol. The smallest absolute Gasteiger partial charge is 0.221 e. The maximum Gasteiger partial charge on any atom is 0.221 e. The minimum Gasteiger partial charge on any atom is -0.356 e. The number of hydrogen-bond donors (Lipinski definition) is 1. The minimum atomic E-state index is 0.0163. The van der Waals surface area contributed by atoms with Crippen LogP contribution in [0.25, 0.3) is 0 Å². The second kappa shape index (κ2) is 9.98. The molecule has 0 aliphatic rings. The lowest BCUT2D eigenvalue weighted by Crippen LogP contribution is -2.39. The van der Waals surface area contributed by atoms with Crippen molar-refractivity contribution in [3.63, 3.8) is 0 Å². The lowest BCUT2D eigenvalue weighted by atomic mass is 10.1. The van der Waals surface area contributed by atoms with Crippen molar-refractivity contribution in [1.29, 1.82) is 0 Å². The molecule has 4 nitrogen and oxygen atoms in total. The van der Waals surface area contributed by atoms with Crippen LogP contribution in [0.3, 0.4) is 0 Å². The summed E-state index contributed by atoms with van der Waals surface area (Å²) < 4.78 is 0. The van der Waals surface area contributed by atoms with Crippen molar-refractivity contribution in [3.05, 3.63) is 35.9 Å². The zero-order valence-corrected chi connectivity index (χ0v) is 14.0. The molecule has 0 saturated carbocycles. The summed E-state index contributed by atoms with van der Waals surface area (Å²) in [6.45, 7) is 6.79. The van der Waals surface area contributed by atoms with Crippen LogP contribution in [-0.2, 0) is 16.0 Å². The highest BCUT2D eigenvalue weighted by Gasteiger charge is 2.15. The molecule has 0 radical (unpaired) electrons. The third-order valence-corrected chi connectivity index (χ3v) is 3.91. The van der Waals surface area contributed by atoms with Gasteiger partial charge >= 0.3 is 0 Å². The first-order valence-electron chi connectivity index (χ1n) is 8.12. The van der Waals surface area contributed by atoms with Crippen LogP contribution in [-0.4, -0.2) is 35.8 Å². The molecule has 0 spiro atoms. The second-order valence-electron chi connectivity index (χ2n) is 5.66. The number of hydrogen-bond acceptors (Lipinski definition) is 2. The summed E-state index contributed by atoms with van der Waals surface area (Å²) in [5, 5.41) is 2.93. The van der Waals surface area contributed by atoms with E-state index in [4.69, 9.17) is 0 Å². The Kier molecular flexibility index (Phi) is 8.26. The zero-order chi connectivity index (χ0) is 16.4. The molecular weight excluding hydrogens is 276 g/mol. The Morgan fingerprint density at radius 1 is 1.23 bits per heavy atom. The van der Waals surface area contributed by atoms with Gasteiger partial charge < -0.3 is 10.2 Å². The molecule has 2 amide bonds. The van der Waals surface area contributed by atoms with Gasteiger partial charge in [0.25, 0.3) is 0 Å². The van der Waals surface area contributed by atoms with Crippen LogP contribution in [0.15, 0.2) is 30.3 Å². The number of nitrogens with zero attached hydrogens (tertiary/aromatic N) is 1. The van der Waals surface area contributed by atoms with Crippen molar-refractivity contribution in [2.24, 2.45) is 0 Å². The maximum atomic E-state index is 11.8. The minimum absolute atomic E-state index is 0.0163. The molecule has 122 valence electrons. The van der Waals surface area contributed by atoms with Crippen molar-refractivity contribution < 1.29 is 9.59 Å². The van der Waals surface area contributed by atoms with E-state index in [2.05, 4.69) is 17.4 Å². The summed E-state index contributed by atoms with van der Waals surface area (Å²) in [6.07, 6.45) is 3.17. The Bertz CT molecular complexity index is 459. The largest absolute Gasteiger partial charge is 0.356 e. The SMILES string of the molecule is CCC(C)N(CCC(=O)NCCCc1ccccc1)C(C)=O. The molecule has 1 rings (SSSR count). The number of carbonyl (C=O) groups excluding carboxylic acids is 2. The lowest BCUT2D eigenvalue weighted by Gasteiger charge is -2.27. The standard InChI is InChI=1S/C18H28N2O2/c1-4-15(2)20(16(3)21)14-12-18(22)19-13-8-11-17-9-6-5-7-10-17/h5-7,9-10,15H,4,8,11-14H2,1-3H3,(H,19,22). The molecule has 0 aliphatic heterocycles. The summed E-state index contributed by atoms with van der Waals surface area (Å²) in [4.78, 5) is 25.2. The zero-order valence-electron chi connectivity index (χ0n) is 14.0. The monoisotopic (exact) mass is 304 g/mol. The van der Waals surface area contributed by atoms with Crippen molar-refractivity contribution in [2.75, 3.05) is 13.1 Å². The maximum absolute atomic E-state index is 11.8. The quantitative estimate of drug-likeness (QED) is 0.713. The molecule has 1 atom stereocenters. The van der Waals surface area contributed by atoms with Crippen molar-refractivity contribution in [2.45, 2.75) is 52.5 Å². The molecule has 1 N–H and O–H groups in total. The van der Waals surface area contributed by atoms with Gasteiger partial charge in [0.1, 0.15) is 0 Å². The number of nitrogens with one attached hydrogen (secondary N) is 1. The third-order valence-electron chi connectivity index (χ3n) is 3.91. The highest BCUT2D eigenvalue weighted by Crippen LogP contribution is 2.05. The van der Waals surface area contributed by atoms with E-state index in [-0.39, 0.29) is 17.9 Å². The molecule has 0 fully saturated rings. The first kappa shape index (κ1) is 18.2. The molecule has 0 saturated heterocycles. The molecule has 0 aromatic heterocycles. The van der Waals surface area contributed by atoms with Crippen LogP contribution >= 0.6 is 0 Å². The summed E-state index contributed by atoms with van der Waals surface area (Å²) in [5.41, 5.74) is 1.29. The number of rotatable bonds is 9. The first-order chi connectivity index (χ1) is 10.5. The predicted molar refractivity (Wildman–Crippen MR) is 89.5 cm³/mol. The van der Waals surface area contributed by atoms with E-state index >= 15 is 0 Å². The Morgan fingerprint density at radius 3 is 2.50 bits per heavy atom. The fraction of sp³-hybridized carbons (Fsp3) is 0.556. The Hall–Kier alpha value is -1.84. The van der Waals surface area contributed by atoms with Crippen LogP contribution in [0.5, 0.6) is 0 Å². The number of amides is 2. The van der Waals surface area contributed by atoms with Crippen LogP contribution in [0.1, 0.15) is 45.6 Å². The van der Waals surface area contributed by atoms with E-state index in [1.165, 1.54) is 5.56 Å². The molecule has 1 unspecified atom stereocenters. The van der Waals surface area contributed by atoms with Crippen LogP contribution < -0.4 is 5.32 Å². The molecule has 4 heteroatoms. The fourth-order valence-corrected chi connectivity index (χ4v) is 2.38. The highest BCUT2D eigenvalue weighted by molar-refractivity contribution is 5.78. The van der Waals surface area contributed by atoms with E-state index in [1.54, 1.807) is 11.8 Å². The Labute approximate surface area is 133 Å². The van der Waals surface area contributed by atoms with Crippen LogP contribution in [0.4, 0.5) is 0 Å². The Balaban J connectivity index is 2.21. The van der Waals surface area contributed by atoms with Crippen molar-refractivity contribution in [1.82, 2.24) is 10.2 Å². The van der Waals surface area contributed by atoms with Gasteiger partial charge in [0.2, 0.25) is 11.8 Å². The molecule has 1 aromatic carbocycles. The summed E-state index contributed by atoms with van der Waals surface area (Å²) >= 11 is 0. The molecule has 22 heavy (non-hydrogen) atoms. The van der Waals surface area contributed by atoms with Gasteiger partial charge in [-0.2, -0.15) is 0 Å². The van der Waals surface area contributed by atoms with E-state index in [0.717, 1.165) is 19.3 Å². The van der Waals surface area contributed by atoms with E-state index in [0.29, 0.717) is 19.5 Å². The predicted octanol–water partition coefficient (Wildman–Crippen LogP) is 2.77. The summed E-state index contributed by atoms with van der Waals surface area (Å²) in [6, 6.07) is 10.4. The lowest BCUT2D eigenvalue weighted by molar-refractivity contribution is -0.131. The van der Waals surface area contributed by atoms with Gasteiger partial charge in [-0.05, 0) is 31.7 Å². The van der Waals surface area contributed by atoms with Crippen LogP contribution in [0, 0.1) is 0 Å². The van der Waals surface area contributed by atoms with Gasteiger partial charge in [-0.3, -0.25) is 9.59 Å². The molecule has 1 aromatic rings. The van der Waals surface area contributed by atoms with Gasteiger partial charge in [-0.1, -0.05) is 37.3 Å². The second-order valence-corrected chi connectivity index (χ2v) is 5.66. The number of aryl methyl sites for hydroxylation is 1. The number of benzene rings is 1. The summed E-state index contributed by atoms with van der Waals surface area (Å²) in [5.74, 6) is 0.0499.